The van der Waals surface area contributed by atoms with Gasteiger partial charge >= 0.3 is 0 Å². The molecule has 1 aliphatic rings. The fraction of sp³-hybridized carbons (Fsp3) is 0.600. The first-order valence-electron chi connectivity index (χ1n) is 8.99. The summed E-state index contributed by atoms with van der Waals surface area (Å²) < 4.78 is 6.11. The molecule has 1 aliphatic carbocycles. The molecule has 0 N–H and O–H groups in total. The Hall–Kier alpha value is -0.890. The van der Waals surface area contributed by atoms with Crippen molar-refractivity contribution in [3.05, 3.63) is 29.5 Å². The second-order valence-electron chi connectivity index (χ2n) is 6.65. The van der Waals surface area contributed by atoms with Crippen molar-refractivity contribution in [2.75, 3.05) is 0 Å². The fourth-order valence-corrected chi connectivity index (χ4v) is 4.54. The highest BCUT2D eigenvalue weighted by Crippen LogP contribution is 2.35. The summed E-state index contributed by atoms with van der Waals surface area (Å²) in [6, 6.07) is 6.84. The molecule has 0 saturated heterocycles. The summed E-state index contributed by atoms with van der Waals surface area (Å²) in [5, 5.41) is 2.05. The Kier molecular flexibility index (Phi) is 5.51. The second-order valence-corrected chi connectivity index (χ2v) is 8.16. The summed E-state index contributed by atoms with van der Waals surface area (Å²) >= 11 is 2.00. The smallest absolute Gasteiger partial charge is 0.135 e. The minimum absolute atomic E-state index is 0.693. The molecule has 22 heavy (non-hydrogen) atoms. The summed E-state index contributed by atoms with van der Waals surface area (Å²) in [5.74, 6) is 1.25. The van der Waals surface area contributed by atoms with Crippen molar-refractivity contribution < 1.29 is 4.42 Å². The molecule has 0 radical (unpaired) electrons. The number of hydrogen-bond donors (Lipinski definition) is 0. The van der Waals surface area contributed by atoms with Crippen LogP contribution in [0.25, 0.3) is 11.0 Å². The molecule has 1 aromatic heterocycles. The first-order valence-corrected chi connectivity index (χ1v) is 9.87. The van der Waals surface area contributed by atoms with E-state index in [0.29, 0.717) is 5.25 Å². The van der Waals surface area contributed by atoms with E-state index >= 15 is 0 Å². The monoisotopic (exact) mass is 316 g/mol. The number of hydrogen-bond acceptors (Lipinski definition) is 2. The van der Waals surface area contributed by atoms with Gasteiger partial charge in [-0.15, -0.1) is 11.8 Å². The lowest BCUT2D eigenvalue weighted by molar-refractivity contribution is 0.505. The molecule has 2 heteroatoms. The minimum atomic E-state index is 0.693. The predicted octanol–water partition coefficient (Wildman–Crippen LogP) is 6.76. The van der Waals surface area contributed by atoms with E-state index in [1.54, 1.807) is 0 Å². The Morgan fingerprint density at radius 1 is 1.14 bits per heavy atom. The third kappa shape index (κ3) is 3.71. The maximum absolute atomic E-state index is 6.11. The third-order valence-corrected chi connectivity index (χ3v) is 5.89. The quantitative estimate of drug-likeness (QED) is 0.413. The molecule has 1 nitrogen and oxygen atoms in total. The highest BCUT2D eigenvalue weighted by atomic mass is 32.2. The maximum Gasteiger partial charge on any atom is 0.135 e. The van der Waals surface area contributed by atoms with E-state index in [1.165, 1.54) is 73.0 Å². The molecular formula is C20H28OS. The molecule has 1 unspecified atom stereocenters. The van der Waals surface area contributed by atoms with Crippen LogP contribution in [-0.4, -0.2) is 5.25 Å². The zero-order valence-electron chi connectivity index (χ0n) is 14.0. The number of rotatable bonds is 7. The van der Waals surface area contributed by atoms with E-state index in [4.69, 9.17) is 4.42 Å². The van der Waals surface area contributed by atoms with E-state index < -0.39 is 0 Å². The van der Waals surface area contributed by atoms with Gasteiger partial charge in [0, 0.05) is 27.5 Å². The van der Waals surface area contributed by atoms with Crippen molar-refractivity contribution in [3.63, 3.8) is 0 Å². The number of unbranched alkanes of at least 4 members (excludes halogenated alkanes) is 3. The van der Waals surface area contributed by atoms with Gasteiger partial charge in [-0.05, 0) is 43.9 Å². The molecule has 0 fully saturated rings. The van der Waals surface area contributed by atoms with Crippen LogP contribution >= 0.6 is 11.8 Å². The lowest BCUT2D eigenvalue weighted by Crippen LogP contribution is -1.98. The lowest BCUT2D eigenvalue weighted by Gasteiger charge is -2.11. The zero-order chi connectivity index (χ0) is 15.4. The molecule has 0 amide bonds. The molecule has 2 aromatic rings. The lowest BCUT2D eigenvalue weighted by atomic mass is 9.96. The summed E-state index contributed by atoms with van der Waals surface area (Å²) in [6.07, 6.45) is 11.7. The van der Waals surface area contributed by atoms with Crippen molar-refractivity contribution in [3.8, 4) is 0 Å². The van der Waals surface area contributed by atoms with E-state index in [9.17, 15) is 0 Å². The van der Waals surface area contributed by atoms with E-state index in [1.807, 2.05) is 11.8 Å². The Morgan fingerprint density at radius 2 is 2.00 bits per heavy atom. The van der Waals surface area contributed by atoms with Crippen LogP contribution in [0.4, 0.5) is 0 Å². The zero-order valence-corrected chi connectivity index (χ0v) is 14.8. The van der Waals surface area contributed by atoms with Gasteiger partial charge in [0.25, 0.3) is 0 Å². The van der Waals surface area contributed by atoms with Crippen LogP contribution in [0.2, 0.25) is 0 Å². The highest BCUT2D eigenvalue weighted by molar-refractivity contribution is 8.00. The topological polar surface area (TPSA) is 13.1 Å². The molecular weight excluding hydrogens is 288 g/mol. The van der Waals surface area contributed by atoms with Crippen molar-refractivity contribution in [2.45, 2.75) is 81.8 Å². The summed E-state index contributed by atoms with van der Waals surface area (Å²) in [7, 11) is 0. The van der Waals surface area contributed by atoms with Gasteiger partial charge in [-0.3, -0.25) is 0 Å². The van der Waals surface area contributed by atoms with Crippen LogP contribution in [0.5, 0.6) is 0 Å². The Balaban J connectivity index is 1.64. The van der Waals surface area contributed by atoms with Crippen molar-refractivity contribution in [2.24, 2.45) is 0 Å². The molecule has 0 aliphatic heterocycles. The van der Waals surface area contributed by atoms with Crippen LogP contribution in [0.1, 0.15) is 70.1 Å². The summed E-state index contributed by atoms with van der Waals surface area (Å²) in [4.78, 5) is 1.36. The SMILES string of the molecule is CCCCCCC(C)Sc1ccc2c3c(oc2c1)CCCC3. The van der Waals surface area contributed by atoms with Crippen LogP contribution in [0, 0.1) is 0 Å². The molecule has 0 saturated carbocycles. The normalized spacial score (nSPS) is 15.9. The molecule has 120 valence electrons. The van der Waals surface area contributed by atoms with Crippen molar-refractivity contribution >= 4 is 22.7 Å². The molecule has 1 heterocycles. The summed E-state index contributed by atoms with van der Waals surface area (Å²) in [5.41, 5.74) is 2.58. The summed E-state index contributed by atoms with van der Waals surface area (Å²) in [6.45, 7) is 4.63. The average molecular weight is 317 g/mol. The number of fused-ring (bicyclic) bond motifs is 3. The number of benzene rings is 1. The van der Waals surface area contributed by atoms with Crippen LogP contribution in [0.3, 0.4) is 0 Å². The standard InChI is InChI=1S/C20H28OS/c1-3-4-5-6-9-15(2)22-16-12-13-18-17-10-7-8-11-19(17)21-20(18)14-16/h12-15H,3-11H2,1-2H3. The van der Waals surface area contributed by atoms with Gasteiger partial charge in [0.05, 0.1) is 0 Å². The van der Waals surface area contributed by atoms with Gasteiger partial charge < -0.3 is 4.42 Å². The predicted molar refractivity (Wildman–Crippen MR) is 96.9 cm³/mol. The first kappa shape index (κ1) is 16.0. The highest BCUT2D eigenvalue weighted by Gasteiger charge is 2.18. The first-order chi connectivity index (χ1) is 10.8. The van der Waals surface area contributed by atoms with Crippen molar-refractivity contribution in [1.29, 1.82) is 0 Å². The molecule has 3 rings (SSSR count). The number of thioether (sulfide) groups is 1. The van der Waals surface area contributed by atoms with Crippen LogP contribution in [0.15, 0.2) is 27.5 Å². The van der Waals surface area contributed by atoms with Gasteiger partial charge in [-0.1, -0.05) is 39.5 Å². The molecule has 0 bridgehead atoms. The van der Waals surface area contributed by atoms with Gasteiger partial charge in [-0.2, -0.15) is 0 Å². The second kappa shape index (κ2) is 7.59. The molecule has 0 spiro atoms. The Bertz CT molecular complexity index is 613. The Morgan fingerprint density at radius 3 is 2.86 bits per heavy atom. The minimum Gasteiger partial charge on any atom is -0.461 e. The van der Waals surface area contributed by atoms with Crippen LogP contribution < -0.4 is 0 Å². The van der Waals surface area contributed by atoms with Gasteiger partial charge in [0.15, 0.2) is 0 Å². The van der Waals surface area contributed by atoms with Crippen LogP contribution in [-0.2, 0) is 12.8 Å². The average Bonchev–Trinajstić information content (AvgIpc) is 2.89. The Labute approximate surface area is 138 Å². The van der Waals surface area contributed by atoms with E-state index in [-0.39, 0.29) is 0 Å². The molecule has 1 atom stereocenters. The van der Waals surface area contributed by atoms with E-state index in [0.717, 1.165) is 12.0 Å². The van der Waals surface area contributed by atoms with Crippen molar-refractivity contribution in [1.82, 2.24) is 0 Å². The van der Waals surface area contributed by atoms with Gasteiger partial charge in [0.2, 0.25) is 0 Å². The number of furan rings is 1. The third-order valence-electron chi connectivity index (χ3n) is 4.73. The maximum atomic E-state index is 6.11. The number of aryl methyl sites for hydroxylation is 2. The van der Waals surface area contributed by atoms with E-state index in [2.05, 4.69) is 32.0 Å². The van der Waals surface area contributed by atoms with Gasteiger partial charge in [-0.25, -0.2) is 0 Å². The fourth-order valence-electron chi connectivity index (χ4n) is 3.47. The largest absolute Gasteiger partial charge is 0.461 e. The van der Waals surface area contributed by atoms with Gasteiger partial charge in [0.1, 0.15) is 11.3 Å². The molecule has 1 aromatic carbocycles.